The van der Waals surface area contributed by atoms with Gasteiger partial charge in [0.1, 0.15) is 11.3 Å². The number of ether oxygens (including phenoxy) is 1. The zero-order valence-electron chi connectivity index (χ0n) is 11.3. The number of aryl methyl sites for hydroxylation is 1. The van der Waals surface area contributed by atoms with E-state index in [1.165, 1.54) is 22.7 Å². The number of amides is 1. The van der Waals surface area contributed by atoms with E-state index in [4.69, 9.17) is 4.74 Å². The van der Waals surface area contributed by atoms with E-state index >= 15 is 0 Å². The predicted octanol–water partition coefficient (Wildman–Crippen LogP) is 4.69. The third-order valence-electron chi connectivity index (χ3n) is 2.94. The molecule has 3 aromatic rings. The Morgan fingerprint density at radius 3 is 2.76 bits per heavy atom. The van der Waals surface area contributed by atoms with Crippen molar-refractivity contribution in [2.45, 2.75) is 6.92 Å². The van der Waals surface area contributed by atoms with Crippen LogP contribution in [0.2, 0.25) is 0 Å². The van der Waals surface area contributed by atoms with E-state index in [9.17, 15) is 4.79 Å². The molecule has 2 aromatic heterocycles. The van der Waals surface area contributed by atoms with Gasteiger partial charge in [-0.15, -0.1) is 11.3 Å². The summed E-state index contributed by atoms with van der Waals surface area (Å²) in [5.74, 6) is 0.563. The van der Waals surface area contributed by atoms with Gasteiger partial charge in [-0.1, -0.05) is 17.4 Å². The quantitative estimate of drug-likeness (QED) is 0.714. The Morgan fingerprint density at radius 1 is 1.29 bits per heavy atom. The first-order valence-electron chi connectivity index (χ1n) is 6.09. The molecule has 0 aliphatic carbocycles. The number of thiophene rings is 1. The van der Waals surface area contributed by atoms with Crippen molar-refractivity contribution in [1.82, 2.24) is 4.98 Å². The van der Waals surface area contributed by atoms with Crippen molar-refractivity contribution in [1.29, 1.82) is 0 Å². The molecular formula is C14H11BrN2O2S2. The highest BCUT2D eigenvalue weighted by Gasteiger charge is 2.14. The molecule has 3 rings (SSSR count). The Hall–Kier alpha value is -1.44. The molecule has 7 heteroatoms. The summed E-state index contributed by atoms with van der Waals surface area (Å²) in [6.45, 7) is 2.02. The molecule has 1 N–H and O–H groups in total. The largest absolute Gasteiger partial charge is 0.494 e. The van der Waals surface area contributed by atoms with Crippen LogP contribution in [0.15, 0.2) is 28.1 Å². The van der Waals surface area contributed by atoms with Crippen molar-refractivity contribution < 1.29 is 9.53 Å². The summed E-state index contributed by atoms with van der Waals surface area (Å²) in [5, 5.41) is 3.42. The van der Waals surface area contributed by atoms with Gasteiger partial charge in [0.25, 0.3) is 5.91 Å². The number of nitrogens with one attached hydrogen (secondary N) is 1. The molecule has 0 bridgehead atoms. The first-order chi connectivity index (χ1) is 10.1. The van der Waals surface area contributed by atoms with Crippen molar-refractivity contribution in [3.05, 3.63) is 38.5 Å². The minimum atomic E-state index is -0.152. The molecule has 2 heterocycles. The number of hydrogen-bond acceptors (Lipinski definition) is 5. The van der Waals surface area contributed by atoms with Gasteiger partial charge in [0.05, 0.1) is 20.5 Å². The van der Waals surface area contributed by atoms with Crippen LogP contribution in [0, 0.1) is 6.92 Å². The summed E-state index contributed by atoms with van der Waals surface area (Å²) < 4.78 is 7.27. The summed E-state index contributed by atoms with van der Waals surface area (Å²) in [4.78, 5) is 17.3. The molecule has 21 heavy (non-hydrogen) atoms. The Morgan fingerprint density at radius 2 is 2.10 bits per heavy atom. The molecule has 1 aromatic carbocycles. The monoisotopic (exact) mass is 382 g/mol. The molecule has 0 aliphatic rings. The Balaban J connectivity index is 1.94. The van der Waals surface area contributed by atoms with Crippen LogP contribution in [0.25, 0.3) is 10.2 Å². The molecule has 0 saturated heterocycles. The SMILES string of the molecule is COc1ccc(C)c2sc(NC(=O)c3ccc(Br)s3)nc12. The van der Waals surface area contributed by atoms with Crippen LogP contribution in [0.3, 0.4) is 0 Å². The van der Waals surface area contributed by atoms with Crippen molar-refractivity contribution >= 4 is 59.9 Å². The van der Waals surface area contributed by atoms with Gasteiger partial charge < -0.3 is 4.74 Å². The number of aromatic nitrogens is 1. The third-order valence-corrected chi connectivity index (χ3v) is 5.67. The van der Waals surface area contributed by atoms with Gasteiger partial charge in [-0.3, -0.25) is 10.1 Å². The van der Waals surface area contributed by atoms with Crippen LogP contribution >= 0.6 is 38.6 Å². The number of nitrogens with zero attached hydrogens (tertiary/aromatic N) is 1. The molecule has 0 aliphatic heterocycles. The summed E-state index contributed by atoms with van der Waals surface area (Å²) in [7, 11) is 1.62. The van der Waals surface area contributed by atoms with Crippen molar-refractivity contribution in [2.24, 2.45) is 0 Å². The van der Waals surface area contributed by atoms with Crippen molar-refractivity contribution in [2.75, 3.05) is 12.4 Å². The average Bonchev–Trinajstić information content (AvgIpc) is 3.06. The molecule has 0 spiro atoms. The highest BCUT2D eigenvalue weighted by molar-refractivity contribution is 9.11. The molecule has 0 unspecified atom stereocenters. The number of fused-ring (bicyclic) bond motifs is 1. The molecule has 4 nitrogen and oxygen atoms in total. The molecule has 108 valence electrons. The van der Waals surface area contributed by atoms with Gasteiger partial charge in [0, 0.05) is 0 Å². The lowest BCUT2D eigenvalue weighted by Gasteiger charge is -2.01. The second-order valence-corrected chi connectivity index (χ2v) is 7.80. The third kappa shape index (κ3) is 2.81. The van der Waals surface area contributed by atoms with Gasteiger partial charge in [-0.2, -0.15) is 0 Å². The van der Waals surface area contributed by atoms with E-state index in [1.807, 2.05) is 25.1 Å². The lowest BCUT2D eigenvalue weighted by Crippen LogP contribution is -2.09. The number of halogens is 1. The van der Waals surface area contributed by atoms with E-state index in [2.05, 4.69) is 26.2 Å². The summed E-state index contributed by atoms with van der Waals surface area (Å²) in [6, 6.07) is 7.51. The lowest BCUT2D eigenvalue weighted by atomic mass is 10.2. The molecule has 0 radical (unpaired) electrons. The van der Waals surface area contributed by atoms with Crippen LogP contribution in [0.1, 0.15) is 15.2 Å². The fraction of sp³-hybridized carbons (Fsp3) is 0.143. The molecule has 0 saturated carbocycles. The maximum Gasteiger partial charge on any atom is 0.267 e. The topological polar surface area (TPSA) is 51.2 Å². The summed E-state index contributed by atoms with van der Waals surface area (Å²) >= 11 is 6.19. The molecular weight excluding hydrogens is 372 g/mol. The number of hydrogen-bond donors (Lipinski definition) is 1. The highest BCUT2D eigenvalue weighted by atomic mass is 79.9. The number of methoxy groups -OCH3 is 1. The molecule has 0 fully saturated rings. The van der Waals surface area contributed by atoms with E-state index in [1.54, 1.807) is 13.2 Å². The number of anilines is 1. The second-order valence-electron chi connectivity index (χ2n) is 4.34. The average molecular weight is 383 g/mol. The van der Waals surface area contributed by atoms with Gasteiger partial charge in [-0.25, -0.2) is 4.98 Å². The van der Waals surface area contributed by atoms with Crippen molar-refractivity contribution in [3.8, 4) is 5.75 Å². The maximum atomic E-state index is 12.2. The predicted molar refractivity (Wildman–Crippen MR) is 90.9 cm³/mol. The minimum absolute atomic E-state index is 0.152. The number of carbonyl (C=O) groups is 1. The van der Waals surface area contributed by atoms with E-state index in [0.29, 0.717) is 15.8 Å². The number of carbonyl (C=O) groups excluding carboxylic acids is 1. The highest BCUT2D eigenvalue weighted by Crippen LogP contribution is 2.35. The fourth-order valence-corrected chi connectivity index (χ4v) is 4.15. The summed E-state index contributed by atoms with van der Waals surface area (Å²) in [5.41, 5.74) is 1.90. The number of benzene rings is 1. The van der Waals surface area contributed by atoms with Crippen LogP contribution in [0.4, 0.5) is 5.13 Å². The zero-order valence-corrected chi connectivity index (χ0v) is 14.5. The minimum Gasteiger partial charge on any atom is -0.494 e. The normalized spacial score (nSPS) is 10.8. The number of thiazole rings is 1. The van der Waals surface area contributed by atoms with Crippen LogP contribution < -0.4 is 10.1 Å². The second kappa shape index (κ2) is 5.75. The van der Waals surface area contributed by atoms with Gasteiger partial charge in [-0.05, 0) is 46.6 Å². The van der Waals surface area contributed by atoms with Crippen LogP contribution in [0.5, 0.6) is 5.75 Å². The lowest BCUT2D eigenvalue weighted by molar-refractivity contribution is 0.103. The van der Waals surface area contributed by atoms with Crippen LogP contribution in [-0.4, -0.2) is 18.0 Å². The fourth-order valence-electron chi connectivity index (χ4n) is 1.92. The number of rotatable bonds is 3. The Kier molecular flexibility index (Phi) is 3.97. The van der Waals surface area contributed by atoms with Gasteiger partial charge in [0.15, 0.2) is 5.13 Å². The molecule has 1 amide bonds. The maximum absolute atomic E-state index is 12.2. The smallest absolute Gasteiger partial charge is 0.267 e. The van der Waals surface area contributed by atoms with E-state index in [-0.39, 0.29) is 5.91 Å². The Bertz CT molecular complexity index is 826. The van der Waals surface area contributed by atoms with Crippen LogP contribution in [-0.2, 0) is 0 Å². The van der Waals surface area contributed by atoms with Crippen molar-refractivity contribution in [3.63, 3.8) is 0 Å². The first-order valence-corrected chi connectivity index (χ1v) is 8.52. The Labute approximate surface area is 137 Å². The first kappa shape index (κ1) is 14.5. The summed E-state index contributed by atoms with van der Waals surface area (Å²) in [6.07, 6.45) is 0. The van der Waals surface area contributed by atoms with Gasteiger partial charge >= 0.3 is 0 Å². The van der Waals surface area contributed by atoms with Gasteiger partial charge in [0.2, 0.25) is 0 Å². The van der Waals surface area contributed by atoms with E-state index < -0.39 is 0 Å². The standard InChI is InChI=1S/C14H11BrN2O2S2/c1-7-3-4-8(19-2)11-12(7)21-14(16-11)17-13(18)9-5-6-10(15)20-9/h3-6H,1-2H3,(H,16,17,18). The molecule has 0 atom stereocenters. The zero-order chi connectivity index (χ0) is 15.0. The van der Waals surface area contributed by atoms with E-state index in [0.717, 1.165) is 19.6 Å².